The Morgan fingerprint density at radius 1 is 0.730 bits per heavy atom. The number of esters is 2. The zero-order valence-electron chi connectivity index (χ0n) is 20.4. The molecule has 0 spiro atoms. The number of ketones is 2. The standard InChI is InChI=1S/C12H11NO6.C7H5NO3.C5H8O2/c1-18-11(14)10(12(15)19-2)7-8-3-5-9(6-4-8)13(16)17;9-5-6-1-3-7(4-2-6)8(10)11;1-4(6)3-5(2)7/h3-7H,1-2H3;1-5H;3H2,1-2H3. The van der Waals surface area contributed by atoms with E-state index >= 15 is 0 Å². The monoisotopic (exact) mass is 516 g/mol. The lowest BCUT2D eigenvalue weighted by atomic mass is 10.1. The van der Waals surface area contributed by atoms with Gasteiger partial charge in [0.05, 0.1) is 30.5 Å². The summed E-state index contributed by atoms with van der Waals surface area (Å²) in [5, 5.41) is 20.6. The lowest BCUT2D eigenvalue weighted by Crippen LogP contribution is -2.15. The van der Waals surface area contributed by atoms with Gasteiger partial charge in [-0.1, -0.05) is 0 Å². The number of carbonyl (C=O) groups is 5. The van der Waals surface area contributed by atoms with Gasteiger partial charge < -0.3 is 9.47 Å². The van der Waals surface area contributed by atoms with Crippen molar-refractivity contribution in [2.45, 2.75) is 20.3 Å². The van der Waals surface area contributed by atoms with Gasteiger partial charge in [-0.05, 0) is 49.8 Å². The first kappa shape index (κ1) is 31.9. The average Bonchev–Trinajstić information content (AvgIpc) is 2.86. The molecule has 0 heterocycles. The molecule has 0 aromatic heterocycles. The van der Waals surface area contributed by atoms with Crippen molar-refractivity contribution < 1.29 is 43.3 Å². The number of nitro benzene ring substituents is 2. The second-order valence-corrected chi connectivity index (χ2v) is 6.94. The van der Waals surface area contributed by atoms with Crippen molar-refractivity contribution in [2.75, 3.05) is 14.2 Å². The van der Waals surface area contributed by atoms with Crippen LogP contribution in [0.15, 0.2) is 54.1 Å². The largest absolute Gasteiger partial charge is 0.465 e. The van der Waals surface area contributed by atoms with Crippen molar-refractivity contribution in [3.8, 4) is 0 Å². The maximum absolute atomic E-state index is 11.4. The molecular formula is C24H24N2O11. The second-order valence-electron chi connectivity index (χ2n) is 6.94. The van der Waals surface area contributed by atoms with Crippen LogP contribution in [0, 0.1) is 20.2 Å². The third-order valence-corrected chi connectivity index (χ3v) is 3.96. The summed E-state index contributed by atoms with van der Waals surface area (Å²) < 4.78 is 8.91. The number of rotatable bonds is 8. The van der Waals surface area contributed by atoms with Crippen molar-refractivity contribution in [3.63, 3.8) is 0 Å². The van der Waals surface area contributed by atoms with Crippen molar-refractivity contribution >= 4 is 47.2 Å². The molecular weight excluding hydrogens is 492 g/mol. The summed E-state index contributed by atoms with van der Waals surface area (Å²) in [5.74, 6) is -1.81. The maximum Gasteiger partial charge on any atom is 0.345 e. The predicted octanol–water partition coefficient (Wildman–Crippen LogP) is 3.29. The summed E-state index contributed by atoms with van der Waals surface area (Å²) in [4.78, 5) is 72.5. The van der Waals surface area contributed by atoms with Crippen LogP contribution in [-0.4, -0.2) is 53.9 Å². The fourth-order valence-electron chi connectivity index (χ4n) is 2.31. The Morgan fingerprint density at radius 2 is 1.08 bits per heavy atom. The Balaban J connectivity index is 0.000000604. The first-order valence-corrected chi connectivity index (χ1v) is 10.2. The van der Waals surface area contributed by atoms with Crippen LogP contribution in [0.5, 0.6) is 0 Å². The minimum absolute atomic E-state index is 0.00407. The van der Waals surface area contributed by atoms with Gasteiger partial charge in [0, 0.05) is 29.8 Å². The predicted molar refractivity (Wildman–Crippen MR) is 130 cm³/mol. The number of nitrogens with zero attached hydrogens (tertiary/aromatic N) is 2. The van der Waals surface area contributed by atoms with Gasteiger partial charge in [0.2, 0.25) is 0 Å². The van der Waals surface area contributed by atoms with E-state index in [1.807, 2.05) is 0 Å². The van der Waals surface area contributed by atoms with Crippen LogP contribution in [0.4, 0.5) is 11.4 Å². The van der Waals surface area contributed by atoms with Crippen molar-refractivity contribution in [1.82, 2.24) is 0 Å². The Bertz CT molecular complexity index is 1140. The smallest absolute Gasteiger partial charge is 0.345 e. The molecule has 0 aliphatic rings. The number of aldehydes is 1. The fraction of sp³-hybridized carbons (Fsp3) is 0.208. The highest BCUT2D eigenvalue weighted by Crippen LogP contribution is 2.15. The Kier molecular flexibility index (Phi) is 14.3. The zero-order valence-corrected chi connectivity index (χ0v) is 20.4. The Hall–Kier alpha value is -5.07. The van der Waals surface area contributed by atoms with E-state index in [-0.39, 0.29) is 34.9 Å². The topological polar surface area (TPSA) is 190 Å². The quantitative estimate of drug-likeness (QED) is 0.0951. The molecule has 2 aromatic rings. The number of benzene rings is 2. The molecule has 0 bridgehead atoms. The van der Waals surface area contributed by atoms with Crippen LogP contribution in [0.1, 0.15) is 36.2 Å². The van der Waals surface area contributed by atoms with Crippen LogP contribution in [0.25, 0.3) is 6.08 Å². The van der Waals surface area contributed by atoms with E-state index in [9.17, 15) is 44.2 Å². The SMILES string of the molecule is CC(=O)CC(C)=O.COC(=O)C(=Cc1ccc([N+](=O)[O-])cc1)C(=O)OC.O=Cc1ccc([N+](=O)[O-])cc1. The summed E-state index contributed by atoms with van der Waals surface area (Å²) in [6.45, 7) is 2.81. The van der Waals surface area contributed by atoms with E-state index in [4.69, 9.17) is 0 Å². The van der Waals surface area contributed by atoms with Gasteiger partial charge in [0.1, 0.15) is 23.4 Å². The second kappa shape index (κ2) is 16.5. The number of hydrogen-bond acceptors (Lipinski definition) is 11. The van der Waals surface area contributed by atoms with E-state index < -0.39 is 21.8 Å². The molecule has 0 N–H and O–H groups in total. The molecule has 196 valence electrons. The summed E-state index contributed by atoms with van der Waals surface area (Å²) >= 11 is 0. The fourth-order valence-corrected chi connectivity index (χ4v) is 2.31. The first-order chi connectivity index (χ1) is 17.4. The molecule has 0 fully saturated rings. The highest BCUT2D eigenvalue weighted by molar-refractivity contribution is 6.17. The lowest BCUT2D eigenvalue weighted by Gasteiger charge is -2.03. The number of methoxy groups -OCH3 is 2. The van der Waals surface area contributed by atoms with Crippen LogP contribution in [-0.2, 0) is 28.7 Å². The average molecular weight is 516 g/mol. The van der Waals surface area contributed by atoms with Gasteiger partial charge >= 0.3 is 11.9 Å². The van der Waals surface area contributed by atoms with Gasteiger partial charge in [-0.15, -0.1) is 0 Å². The molecule has 0 saturated heterocycles. The third-order valence-electron chi connectivity index (χ3n) is 3.96. The van der Waals surface area contributed by atoms with E-state index in [1.165, 1.54) is 68.5 Å². The van der Waals surface area contributed by atoms with E-state index in [1.54, 1.807) is 0 Å². The minimum atomic E-state index is -0.842. The molecule has 0 amide bonds. The molecule has 2 rings (SSSR count). The van der Waals surface area contributed by atoms with Gasteiger partial charge in [-0.2, -0.15) is 0 Å². The van der Waals surface area contributed by atoms with Crippen molar-refractivity contribution in [2.24, 2.45) is 0 Å². The lowest BCUT2D eigenvalue weighted by molar-refractivity contribution is -0.385. The van der Waals surface area contributed by atoms with Crippen molar-refractivity contribution in [1.29, 1.82) is 0 Å². The first-order valence-electron chi connectivity index (χ1n) is 10.2. The molecule has 0 aliphatic heterocycles. The molecule has 2 aromatic carbocycles. The normalized spacial score (nSPS) is 9.08. The van der Waals surface area contributed by atoms with Crippen LogP contribution >= 0.6 is 0 Å². The molecule has 0 saturated carbocycles. The highest BCUT2D eigenvalue weighted by Gasteiger charge is 2.19. The number of carbonyl (C=O) groups excluding carboxylic acids is 5. The number of Topliss-reactive ketones (excluding diaryl/α,β-unsaturated/α-hetero) is 2. The highest BCUT2D eigenvalue weighted by atomic mass is 16.6. The van der Waals surface area contributed by atoms with Gasteiger partial charge in [-0.25, -0.2) is 9.59 Å². The van der Waals surface area contributed by atoms with Crippen LogP contribution in [0.2, 0.25) is 0 Å². The number of hydrogen-bond donors (Lipinski definition) is 0. The molecule has 0 unspecified atom stereocenters. The molecule has 13 nitrogen and oxygen atoms in total. The molecule has 37 heavy (non-hydrogen) atoms. The zero-order chi connectivity index (χ0) is 28.5. The summed E-state index contributed by atoms with van der Waals surface area (Å²) in [6.07, 6.45) is 1.96. The molecule has 0 radical (unpaired) electrons. The molecule has 0 aliphatic carbocycles. The summed E-state index contributed by atoms with van der Waals surface area (Å²) in [5.41, 5.74) is 0.497. The Labute approximate surface area is 211 Å². The van der Waals surface area contributed by atoms with E-state index in [2.05, 4.69) is 9.47 Å². The Morgan fingerprint density at radius 3 is 1.32 bits per heavy atom. The molecule has 13 heteroatoms. The number of non-ortho nitro benzene ring substituents is 2. The van der Waals surface area contributed by atoms with Gasteiger partial charge in [0.25, 0.3) is 11.4 Å². The number of nitro groups is 2. The maximum atomic E-state index is 11.4. The summed E-state index contributed by atoms with van der Waals surface area (Å²) in [6, 6.07) is 10.7. The van der Waals surface area contributed by atoms with E-state index in [0.717, 1.165) is 14.2 Å². The van der Waals surface area contributed by atoms with Gasteiger partial charge in [-0.3, -0.25) is 34.6 Å². The summed E-state index contributed by atoms with van der Waals surface area (Å²) in [7, 11) is 2.27. The molecule has 0 atom stereocenters. The minimum Gasteiger partial charge on any atom is -0.465 e. The number of ether oxygens (including phenoxy) is 2. The van der Waals surface area contributed by atoms with Crippen LogP contribution < -0.4 is 0 Å². The van der Waals surface area contributed by atoms with Gasteiger partial charge in [0.15, 0.2) is 0 Å². The van der Waals surface area contributed by atoms with Crippen LogP contribution in [0.3, 0.4) is 0 Å². The van der Waals surface area contributed by atoms with Crippen molar-refractivity contribution in [3.05, 3.63) is 85.5 Å². The third kappa shape index (κ3) is 12.8. The van der Waals surface area contributed by atoms with E-state index in [0.29, 0.717) is 17.4 Å².